The van der Waals surface area contributed by atoms with Crippen molar-refractivity contribution in [2.24, 2.45) is 5.92 Å². The third-order valence-electron chi connectivity index (χ3n) is 6.11. The van der Waals surface area contributed by atoms with Crippen LogP contribution in [0.2, 0.25) is 0 Å². The van der Waals surface area contributed by atoms with Crippen molar-refractivity contribution in [2.45, 2.75) is 42.6 Å². The van der Waals surface area contributed by atoms with E-state index in [0.717, 1.165) is 37.7 Å². The second kappa shape index (κ2) is 8.49. The molecule has 6 nitrogen and oxygen atoms in total. The molecule has 2 aromatic rings. The van der Waals surface area contributed by atoms with E-state index in [-0.39, 0.29) is 23.3 Å². The van der Waals surface area contributed by atoms with Crippen molar-refractivity contribution in [2.75, 3.05) is 19.6 Å². The van der Waals surface area contributed by atoms with Gasteiger partial charge in [-0.05, 0) is 61.4 Å². The number of nitrogens with one attached hydrogen (secondary N) is 1. The summed E-state index contributed by atoms with van der Waals surface area (Å²) >= 11 is 0. The van der Waals surface area contributed by atoms with Crippen molar-refractivity contribution in [3.8, 4) is 0 Å². The fourth-order valence-corrected chi connectivity index (χ4v) is 5.64. The third kappa shape index (κ3) is 4.29. The number of nitrogens with zero attached hydrogens (tertiary/aromatic N) is 1. The summed E-state index contributed by atoms with van der Waals surface area (Å²) in [4.78, 5) is 12.9. The summed E-state index contributed by atoms with van der Waals surface area (Å²) in [5.41, 5.74) is 0.0867. The number of carbonyl (C=O) groups excluding carboxylic acids is 1. The highest BCUT2D eigenvalue weighted by molar-refractivity contribution is 7.89. The maximum atomic E-state index is 12.8. The van der Waals surface area contributed by atoms with Gasteiger partial charge in [-0.1, -0.05) is 36.8 Å². The molecule has 0 aromatic heterocycles. The molecule has 0 radical (unpaired) electrons. The number of rotatable bonds is 7. The number of hydrogen-bond acceptors (Lipinski definition) is 4. The van der Waals surface area contributed by atoms with Gasteiger partial charge in [-0.15, -0.1) is 0 Å². The topological polar surface area (TPSA) is 86.7 Å². The fourth-order valence-electron chi connectivity index (χ4n) is 4.12. The molecule has 2 fully saturated rings. The normalized spacial score (nSPS) is 19.8. The highest BCUT2D eigenvalue weighted by atomic mass is 32.2. The Hall–Kier alpha value is -2.22. The van der Waals surface area contributed by atoms with Crippen LogP contribution in [0.1, 0.15) is 48.0 Å². The predicted molar refractivity (Wildman–Crippen MR) is 114 cm³/mol. The van der Waals surface area contributed by atoms with Crippen molar-refractivity contribution >= 4 is 15.9 Å². The van der Waals surface area contributed by atoms with Gasteiger partial charge >= 0.3 is 0 Å². The van der Waals surface area contributed by atoms with Crippen LogP contribution in [-0.2, 0) is 15.6 Å². The van der Waals surface area contributed by atoms with E-state index in [1.54, 1.807) is 0 Å². The molecule has 2 N–H and O–H groups in total. The van der Waals surface area contributed by atoms with Gasteiger partial charge in [0.15, 0.2) is 0 Å². The molecule has 1 saturated heterocycles. The number of aliphatic hydroxyl groups is 1. The summed E-state index contributed by atoms with van der Waals surface area (Å²) in [5, 5.41) is 14.0. The molecule has 0 bridgehead atoms. The molecule has 4 rings (SSSR count). The molecule has 1 atom stereocenters. The van der Waals surface area contributed by atoms with E-state index in [9.17, 15) is 18.3 Å². The van der Waals surface area contributed by atoms with Gasteiger partial charge in [0.05, 0.1) is 11.4 Å². The number of piperidine rings is 1. The van der Waals surface area contributed by atoms with Gasteiger partial charge in [-0.2, -0.15) is 4.31 Å². The molecule has 160 valence electrons. The number of amides is 1. The van der Waals surface area contributed by atoms with Crippen molar-refractivity contribution < 1.29 is 18.3 Å². The van der Waals surface area contributed by atoms with E-state index < -0.39 is 15.6 Å². The first-order chi connectivity index (χ1) is 14.4. The molecule has 0 spiro atoms. The number of benzene rings is 2. The van der Waals surface area contributed by atoms with E-state index in [1.807, 2.05) is 30.3 Å². The van der Waals surface area contributed by atoms with Gasteiger partial charge in [-0.25, -0.2) is 8.42 Å². The summed E-state index contributed by atoms with van der Waals surface area (Å²) < 4.78 is 27.0. The minimum atomic E-state index is -3.52. The second-order valence-electron chi connectivity index (χ2n) is 8.24. The van der Waals surface area contributed by atoms with Crippen LogP contribution in [0, 0.1) is 5.92 Å². The van der Waals surface area contributed by atoms with Crippen molar-refractivity contribution in [1.29, 1.82) is 0 Å². The molecule has 1 unspecified atom stereocenters. The lowest BCUT2D eigenvalue weighted by molar-refractivity contribution is 0.0135. The molecule has 1 amide bonds. The Kier molecular flexibility index (Phi) is 5.95. The van der Waals surface area contributed by atoms with Crippen LogP contribution in [0.25, 0.3) is 0 Å². The van der Waals surface area contributed by atoms with Crippen LogP contribution in [0.15, 0.2) is 59.5 Å². The molecule has 1 aliphatic carbocycles. The number of carbonyl (C=O) groups is 1. The highest BCUT2D eigenvalue weighted by Gasteiger charge is 2.45. The van der Waals surface area contributed by atoms with Gasteiger partial charge in [0.1, 0.15) is 5.60 Å². The van der Waals surface area contributed by atoms with Gasteiger partial charge in [0.2, 0.25) is 10.0 Å². The Bertz CT molecular complexity index is 982. The van der Waals surface area contributed by atoms with Crippen LogP contribution < -0.4 is 5.32 Å². The van der Waals surface area contributed by atoms with Crippen LogP contribution >= 0.6 is 0 Å². The maximum absolute atomic E-state index is 12.8. The quantitative estimate of drug-likeness (QED) is 0.710. The molecule has 1 saturated carbocycles. The zero-order chi connectivity index (χ0) is 21.2. The first-order valence-electron chi connectivity index (χ1n) is 10.6. The van der Waals surface area contributed by atoms with Crippen LogP contribution in [0.5, 0.6) is 0 Å². The average Bonchev–Trinajstić information content (AvgIpc) is 3.64. The van der Waals surface area contributed by atoms with Crippen molar-refractivity contribution in [3.63, 3.8) is 0 Å². The minimum absolute atomic E-state index is 0.119. The number of hydrogen-bond donors (Lipinski definition) is 2. The van der Waals surface area contributed by atoms with Gasteiger partial charge < -0.3 is 10.4 Å². The summed E-state index contributed by atoms with van der Waals surface area (Å²) in [6, 6.07) is 15.5. The Morgan fingerprint density at radius 1 is 1.00 bits per heavy atom. The van der Waals surface area contributed by atoms with Crippen LogP contribution in [0.4, 0.5) is 0 Å². The lowest BCUT2D eigenvalue weighted by atomic mass is 9.88. The van der Waals surface area contributed by atoms with Gasteiger partial charge in [0, 0.05) is 18.7 Å². The molecule has 30 heavy (non-hydrogen) atoms. The largest absolute Gasteiger partial charge is 0.383 e. The Labute approximate surface area is 178 Å². The van der Waals surface area contributed by atoms with E-state index in [1.165, 1.54) is 28.6 Å². The van der Waals surface area contributed by atoms with Crippen molar-refractivity contribution in [3.05, 3.63) is 65.7 Å². The summed E-state index contributed by atoms with van der Waals surface area (Å²) in [5.74, 6) is -0.191. The zero-order valence-corrected chi connectivity index (χ0v) is 17.8. The van der Waals surface area contributed by atoms with Crippen LogP contribution in [0.3, 0.4) is 0 Å². The minimum Gasteiger partial charge on any atom is -0.383 e. The Morgan fingerprint density at radius 3 is 2.23 bits per heavy atom. The fraction of sp³-hybridized carbons (Fsp3) is 0.435. The predicted octanol–water partition coefficient (Wildman–Crippen LogP) is 2.89. The summed E-state index contributed by atoms with van der Waals surface area (Å²) in [7, 11) is -3.52. The third-order valence-corrected chi connectivity index (χ3v) is 8.03. The summed E-state index contributed by atoms with van der Waals surface area (Å²) in [6.07, 6.45) is 4.69. The molecule has 2 aliphatic rings. The highest BCUT2D eigenvalue weighted by Crippen LogP contribution is 2.45. The van der Waals surface area contributed by atoms with E-state index >= 15 is 0 Å². The first-order valence-corrected chi connectivity index (χ1v) is 12.0. The van der Waals surface area contributed by atoms with Crippen molar-refractivity contribution in [1.82, 2.24) is 9.62 Å². The smallest absolute Gasteiger partial charge is 0.251 e. The monoisotopic (exact) mass is 428 g/mol. The van der Waals surface area contributed by atoms with Gasteiger partial charge in [-0.3, -0.25) is 4.79 Å². The Morgan fingerprint density at radius 2 is 1.63 bits per heavy atom. The lowest BCUT2D eigenvalue weighted by Crippen LogP contribution is -2.42. The molecule has 1 heterocycles. The molecular formula is C23H28N2O4S. The standard InChI is InChI=1S/C23H28N2O4S/c26-22(24-17-23(27,20-11-12-20)19-7-3-1-4-8-19)18-9-13-21(14-10-18)30(28,29)25-15-5-2-6-16-25/h1,3-4,7-10,13-14,20,27H,2,5-6,11-12,15-17H2,(H,24,26). The van der Waals surface area contributed by atoms with Gasteiger partial charge in [0.25, 0.3) is 5.91 Å². The maximum Gasteiger partial charge on any atom is 0.251 e. The Balaban J connectivity index is 1.44. The second-order valence-corrected chi connectivity index (χ2v) is 10.2. The van der Waals surface area contributed by atoms with Crippen LogP contribution in [-0.4, -0.2) is 43.4 Å². The molecule has 1 aliphatic heterocycles. The average molecular weight is 429 g/mol. The zero-order valence-electron chi connectivity index (χ0n) is 17.0. The number of sulfonamides is 1. The summed E-state index contributed by atoms with van der Waals surface area (Å²) in [6.45, 7) is 1.21. The molecular weight excluding hydrogens is 400 g/mol. The lowest BCUT2D eigenvalue weighted by Gasteiger charge is -2.29. The van der Waals surface area contributed by atoms with E-state index in [0.29, 0.717) is 18.7 Å². The molecule has 7 heteroatoms. The SMILES string of the molecule is O=C(NCC(O)(c1ccccc1)C1CC1)c1ccc(S(=O)(=O)N2CCCCC2)cc1. The molecule has 2 aromatic carbocycles. The van der Waals surface area contributed by atoms with E-state index in [4.69, 9.17) is 0 Å². The first kappa shape index (κ1) is 21.0. The van der Waals surface area contributed by atoms with E-state index in [2.05, 4.69) is 5.32 Å².